The van der Waals surface area contributed by atoms with Crippen LogP contribution in [0, 0.1) is 17.8 Å². The number of benzene rings is 2. The molecule has 164 valence electrons. The lowest BCUT2D eigenvalue weighted by atomic mass is 9.86. The maximum Gasteiger partial charge on any atom is 0.143 e. The summed E-state index contributed by atoms with van der Waals surface area (Å²) in [7, 11) is 1.63. The SMILES string of the molecule is COc1ccc(COC[C@@H](C)[C@@H](O)[C@H](C)C(=O)[C@H](C)COCc2ccccc2)cc1. The topological polar surface area (TPSA) is 65.0 Å². The van der Waals surface area contributed by atoms with Crippen molar-refractivity contribution in [2.45, 2.75) is 40.1 Å². The van der Waals surface area contributed by atoms with Crippen LogP contribution in [0.2, 0.25) is 0 Å². The third-order valence-electron chi connectivity index (χ3n) is 5.32. The fourth-order valence-electron chi connectivity index (χ4n) is 3.30. The van der Waals surface area contributed by atoms with Crippen molar-refractivity contribution in [3.63, 3.8) is 0 Å². The van der Waals surface area contributed by atoms with E-state index >= 15 is 0 Å². The number of ether oxygens (including phenoxy) is 3. The highest BCUT2D eigenvalue weighted by Gasteiger charge is 2.30. The Bertz CT molecular complexity index is 744. The Kier molecular flexibility index (Phi) is 10.0. The molecule has 30 heavy (non-hydrogen) atoms. The molecular weight excluding hydrogens is 380 g/mol. The predicted molar refractivity (Wildman–Crippen MR) is 117 cm³/mol. The number of ketones is 1. The zero-order valence-corrected chi connectivity index (χ0v) is 18.4. The maximum atomic E-state index is 12.7. The molecule has 0 amide bonds. The number of hydrogen-bond acceptors (Lipinski definition) is 5. The number of rotatable bonds is 13. The van der Waals surface area contributed by atoms with E-state index in [0.717, 1.165) is 16.9 Å². The summed E-state index contributed by atoms with van der Waals surface area (Å²) in [6, 6.07) is 17.5. The van der Waals surface area contributed by atoms with Crippen LogP contribution in [0.1, 0.15) is 31.9 Å². The van der Waals surface area contributed by atoms with Crippen LogP contribution in [0.15, 0.2) is 54.6 Å². The van der Waals surface area contributed by atoms with Crippen LogP contribution in [0.3, 0.4) is 0 Å². The van der Waals surface area contributed by atoms with Crippen LogP contribution >= 0.6 is 0 Å². The molecule has 2 aromatic rings. The van der Waals surface area contributed by atoms with Crippen molar-refractivity contribution in [2.75, 3.05) is 20.3 Å². The molecule has 0 unspecified atom stereocenters. The number of aliphatic hydroxyl groups is 1. The third-order valence-corrected chi connectivity index (χ3v) is 5.32. The standard InChI is InChI=1S/C25H34O5/c1-18(14-29-16-21-8-6-5-7-9-21)24(26)20(3)25(27)19(2)15-30-17-22-10-12-23(28-4)13-11-22/h5-13,18-20,25,27H,14-17H2,1-4H3/t18-,19-,20-,25-/m1/s1. The first-order valence-electron chi connectivity index (χ1n) is 10.5. The summed E-state index contributed by atoms with van der Waals surface area (Å²) in [5, 5.41) is 10.6. The number of carbonyl (C=O) groups excluding carboxylic acids is 1. The van der Waals surface area contributed by atoms with Gasteiger partial charge in [0.1, 0.15) is 11.5 Å². The highest BCUT2D eigenvalue weighted by molar-refractivity contribution is 5.83. The van der Waals surface area contributed by atoms with Crippen molar-refractivity contribution in [3.05, 3.63) is 65.7 Å². The van der Waals surface area contributed by atoms with E-state index in [4.69, 9.17) is 14.2 Å². The maximum absolute atomic E-state index is 12.7. The quantitative estimate of drug-likeness (QED) is 0.530. The van der Waals surface area contributed by atoms with Gasteiger partial charge in [-0.15, -0.1) is 0 Å². The van der Waals surface area contributed by atoms with Gasteiger partial charge in [0.05, 0.1) is 39.6 Å². The van der Waals surface area contributed by atoms with E-state index in [9.17, 15) is 9.90 Å². The lowest BCUT2D eigenvalue weighted by molar-refractivity contribution is -0.133. The third kappa shape index (κ3) is 7.56. The Hall–Kier alpha value is -2.21. The number of methoxy groups -OCH3 is 1. The largest absolute Gasteiger partial charge is 0.497 e. The van der Waals surface area contributed by atoms with E-state index in [1.165, 1.54) is 0 Å². The molecule has 0 spiro atoms. The predicted octanol–water partition coefficient (Wildman–Crippen LogP) is 4.27. The van der Waals surface area contributed by atoms with Crippen molar-refractivity contribution in [1.82, 2.24) is 0 Å². The highest BCUT2D eigenvalue weighted by atomic mass is 16.5. The van der Waals surface area contributed by atoms with E-state index in [1.54, 1.807) is 14.0 Å². The Morgan fingerprint density at radius 2 is 1.43 bits per heavy atom. The summed E-state index contributed by atoms with van der Waals surface area (Å²) in [5.74, 6) is -0.0837. The van der Waals surface area contributed by atoms with Gasteiger partial charge in [0.25, 0.3) is 0 Å². The number of hydrogen-bond donors (Lipinski definition) is 1. The fourth-order valence-corrected chi connectivity index (χ4v) is 3.30. The van der Waals surface area contributed by atoms with Gasteiger partial charge in [-0.25, -0.2) is 0 Å². The van der Waals surface area contributed by atoms with Crippen molar-refractivity contribution < 1.29 is 24.1 Å². The molecule has 0 radical (unpaired) electrons. The molecule has 0 saturated heterocycles. The van der Waals surface area contributed by atoms with Crippen LogP contribution in [0.4, 0.5) is 0 Å². The molecule has 0 aliphatic heterocycles. The second-order valence-corrected chi connectivity index (χ2v) is 7.92. The summed E-state index contributed by atoms with van der Waals surface area (Å²) in [5.41, 5.74) is 2.11. The molecule has 0 heterocycles. The fraction of sp³-hybridized carbons (Fsp3) is 0.480. The van der Waals surface area contributed by atoms with Gasteiger partial charge in [0, 0.05) is 17.8 Å². The molecule has 5 heteroatoms. The van der Waals surface area contributed by atoms with E-state index < -0.39 is 12.0 Å². The first-order chi connectivity index (χ1) is 14.4. The number of Topliss-reactive ketones (excluding diaryl/α,β-unsaturated/α-hetero) is 1. The summed E-state index contributed by atoms with van der Waals surface area (Å²) < 4.78 is 16.6. The molecule has 2 rings (SSSR count). The lowest BCUT2D eigenvalue weighted by Crippen LogP contribution is -2.37. The molecule has 0 aliphatic rings. The minimum atomic E-state index is -0.759. The monoisotopic (exact) mass is 414 g/mol. The van der Waals surface area contributed by atoms with Crippen LogP contribution in [0.25, 0.3) is 0 Å². The molecule has 0 saturated carbocycles. The second kappa shape index (κ2) is 12.5. The van der Waals surface area contributed by atoms with Gasteiger partial charge in [0.15, 0.2) is 0 Å². The Morgan fingerprint density at radius 3 is 2.03 bits per heavy atom. The minimum Gasteiger partial charge on any atom is -0.497 e. The summed E-state index contributed by atoms with van der Waals surface area (Å²) in [6.07, 6.45) is -0.759. The molecule has 1 N–H and O–H groups in total. The zero-order chi connectivity index (χ0) is 21.9. The summed E-state index contributed by atoms with van der Waals surface area (Å²) in [6.45, 7) is 7.18. The lowest BCUT2D eigenvalue weighted by Gasteiger charge is -2.26. The van der Waals surface area contributed by atoms with Crippen molar-refractivity contribution >= 4 is 5.78 Å². The van der Waals surface area contributed by atoms with Gasteiger partial charge in [0.2, 0.25) is 0 Å². The van der Waals surface area contributed by atoms with Gasteiger partial charge >= 0.3 is 0 Å². The van der Waals surface area contributed by atoms with Crippen LogP contribution in [0.5, 0.6) is 5.75 Å². The first kappa shape index (κ1) is 24.1. The van der Waals surface area contributed by atoms with E-state index in [2.05, 4.69) is 0 Å². The first-order valence-corrected chi connectivity index (χ1v) is 10.5. The smallest absolute Gasteiger partial charge is 0.143 e. The Labute approximate surface area is 180 Å². The van der Waals surface area contributed by atoms with Crippen LogP contribution in [-0.2, 0) is 27.5 Å². The molecule has 0 aliphatic carbocycles. The van der Waals surface area contributed by atoms with Gasteiger partial charge < -0.3 is 19.3 Å². The van der Waals surface area contributed by atoms with Crippen molar-refractivity contribution in [3.8, 4) is 5.75 Å². The Morgan fingerprint density at radius 1 is 0.867 bits per heavy atom. The van der Waals surface area contributed by atoms with Crippen LogP contribution < -0.4 is 4.74 Å². The van der Waals surface area contributed by atoms with E-state index in [-0.39, 0.29) is 17.6 Å². The highest BCUT2D eigenvalue weighted by Crippen LogP contribution is 2.19. The molecule has 0 fully saturated rings. The van der Waals surface area contributed by atoms with Gasteiger partial charge in [-0.3, -0.25) is 4.79 Å². The van der Waals surface area contributed by atoms with Crippen molar-refractivity contribution in [2.24, 2.45) is 17.8 Å². The minimum absolute atomic E-state index is 0.0116. The second-order valence-electron chi connectivity index (χ2n) is 7.92. The molecular formula is C25H34O5. The van der Waals surface area contributed by atoms with Crippen LogP contribution in [-0.4, -0.2) is 37.3 Å². The van der Waals surface area contributed by atoms with Gasteiger partial charge in [-0.1, -0.05) is 63.2 Å². The Balaban J connectivity index is 1.72. The number of carbonyl (C=O) groups is 1. The van der Waals surface area contributed by atoms with Gasteiger partial charge in [-0.2, -0.15) is 0 Å². The molecule has 4 atom stereocenters. The molecule has 5 nitrogen and oxygen atoms in total. The molecule has 0 aromatic heterocycles. The number of aliphatic hydroxyl groups excluding tert-OH is 1. The molecule has 0 bridgehead atoms. The van der Waals surface area contributed by atoms with E-state index in [0.29, 0.717) is 26.4 Å². The van der Waals surface area contributed by atoms with Gasteiger partial charge in [-0.05, 0) is 23.3 Å². The normalized spacial score (nSPS) is 15.2. The molecule has 2 aromatic carbocycles. The average Bonchev–Trinajstić information content (AvgIpc) is 2.78. The van der Waals surface area contributed by atoms with Crippen molar-refractivity contribution in [1.29, 1.82) is 0 Å². The summed E-state index contributed by atoms with van der Waals surface area (Å²) in [4.78, 5) is 12.7. The summed E-state index contributed by atoms with van der Waals surface area (Å²) >= 11 is 0. The van der Waals surface area contributed by atoms with E-state index in [1.807, 2.05) is 68.4 Å². The average molecular weight is 415 g/mol. The zero-order valence-electron chi connectivity index (χ0n) is 18.4.